The highest BCUT2D eigenvalue weighted by Gasteiger charge is 2.23. The van der Waals surface area contributed by atoms with Crippen LogP contribution in [0.5, 0.6) is 0 Å². The number of nitrogens with one attached hydrogen (secondary N) is 1. The molecule has 2 aliphatic rings. The summed E-state index contributed by atoms with van der Waals surface area (Å²) in [6, 6.07) is -0.0621. The van der Waals surface area contributed by atoms with Crippen molar-refractivity contribution in [1.29, 1.82) is 0 Å². The van der Waals surface area contributed by atoms with Crippen LogP contribution in [0.15, 0.2) is 0 Å². The molecule has 7 heteroatoms. The Morgan fingerprint density at radius 2 is 1.62 bits per heavy atom. The van der Waals surface area contributed by atoms with Gasteiger partial charge < -0.3 is 25.1 Å². The summed E-state index contributed by atoms with van der Waals surface area (Å²) < 4.78 is 0. The summed E-state index contributed by atoms with van der Waals surface area (Å²) in [5.74, 6) is 0.713. The molecule has 0 spiro atoms. The van der Waals surface area contributed by atoms with E-state index in [0.717, 1.165) is 19.5 Å². The van der Waals surface area contributed by atoms with Gasteiger partial charge in [0.1, 0.15) is 0 Å². The molecule has 0 aromatic rings. The van der Waals surface area contributed by atoms with Crippen molar-refractivity contribution >= 4 is 12.1 Å². The van der Waals surface area contributed by atoms with Crippen molar-refractivity contribution in [3.05, 3.63) is 0 Å². The highest BCUT2D eigenvalue weighted by Crippen LogP contribution is 2.18. The Labute approximate surface area is 125 Å². The van der Waals surface area contributed by atoms with Gasteiger partial charge in [0.05, 0.1) is 0 Å². The van der Waals surface area contributed by atoms with E-state index in [2.05, 4.69) is 17.3 Å². The number of amides is 3. The summed E-state index contributed by atoms with van der Waals surface area (Å²) in [5.41, 5.74) is 0. The first-order valence-corrected chi connectivity index (χ1v) is 7.75. The monoisotopic (exact) mass is 298 g/mol. The lowest BCUT2D eigenvalue weighted by Gasteiger charge is -2.33. The second-order valence-corrected chi connectivity index (χ2v) is 6.02. The molecule has 0 atom stereocenters. The number of carboxylic acid groups (broad SMARTS) is 1. The topological polar surface area (TPSA) is 76.1 Å². The van der Waals surface area contributed by atoms with Crippen molar-refractivity contribution < 1.29 is 14.7 Å². The number of carbonyl (C=O) groups is 2. The van der Waals surface area contributed by atoms with Crippen molar-refractivity contribution in [3.63, 3.8) is 0 Å². The SMILES string of the molecule is CN1CCC(CCNC(=O)N2CCN(C(=O)O)CC2)CC1. The molecule has 0 aliphatic carbocycles. The molecule has 120 valence electrons. The molecule has 2 heterocycles. The van der Waals surface area contributed by atoms with Gasteiger partial charge in [0.25, 0.3) is 0 Å². The van der Waals surface area contributed by atoms with Crippen LogP contribution in [0.2, 0.25) is 0 Å². The number of piperazine rings is 1. The fourth-order valence-electron chi connectivity index (χ4n) is 2.95. The molecule has 0 aromatic heterocycles. The van der Waals surface area contributed by atoms with Crippen LogP contribution in [-0.2, 0) is 0 Å². The molecule has 0 unspecified atom stereocenters. The Bertz CT molecular complexity index is 361. The van der Waals surface area contributed by atoms with Crippen molar-refractivity contribution in [3.8, 4) is 0 Å². The minimum atomic E-state index is -0.905. The number of hydrogen-bond acceptors (Lipinski definition) is 3. The van der Waals surface area contributed by atoms with Crippen molar-refractivity contribution in [1.82, 2.24) is 20.0 Å². The first-order chi connectivity index (χ1) is 10.1. The van der Waals surface area contributed by atoms with Crippen molar-refractivity contribution in [2.75, 3.05) is 52.9 Å². The van der Waals surface area contributed by atoms with Crippen LogP contribution in [0, 0.1) is 5.92 Å². The average Bonchev–Trinajstić information content (AvgIpc) is 2.49. The highest BCUT2D eigenvalue weighted by atomic mass is 16.4. The molecule has 2 fully saturated rings. The van der Waals surface area contributed by atoms with Gasteiger partial charge in [-0.05, 0) is 45.3 Å². The summed E-state index contributed by atoms with van der Waals surface area (Å²) in [4.78, 5) is 28.2. The Morgan fingerprint density at radius 3 is 2.19 bits per heavy atom. The Balaban J connectivity index is 1.61. The van der Waals surface area contributed by atoms with Crippen LogP contribution in [0.1, 0.15) is 19.3 Å². The van der Waals surface area contributed by atoms with E-state index in [1.165, 1.54) is 17.7 Å². The third-order valence-corrected chi connectivity index (χ3v) is 4.50. The third-order valence-electron chi connectivity index (χ3n) is 4.50. The van der Waals surface area contributed by atoms with Crippen LogP contribution in [0.3, 0.4) is 0 Å². The first-order valence-electron chi connectivity index (χ1n) is 7.75. The van der Waals surface area contributed by atoms with Gasteiger partial charge in [-0.15, -0.1) is 0 Å². The maximum Gasteiger partial charge on any atom is 0.407 e. The smallest absolute Gasteiger partial charge is 0.407 e. The molecule has 21 heavy (non-hydrogen) atoms. The van der Waals surface area contributed by atoms with Crippen LogP contribution in [0.25, 0.3) is 0 Å². The fraction of sp³-hybridized carbons (Fsp3) is 0.857. The van der Waals surface area contributed by atoms with E-state index in [1.54, 1.807) is 4.90 Å². The minimum absolute atomic E-state index is 0.0621. The van der Waals surface area contributed by atoms with Gasteiger partial charge >= 0.3 is 12.1 Å². The van der Waals surface area contributed by atoms with E-state index in [0.29, 0.717) is 38.6 Å². The van der Waals surface area contributed by atoms with Crippen molar-refractivity contribution in [2.24, 2.45) is 5.92 Å². The molecule has 0 radical (unpaired) electrons. The van der Waals surface area contributed by atoms with Gasteiger partial charge in [-0.1, -0.05) is 0 Å². The molecular weight excluding hydrogens is 272 g/mol. The van der Waals surface area contributed by atoms with Gasteiger partial charge in [-0.3, -0.25) is 0 Å². The zero-order chi connectivity index (χ0) is 15.2. The summed E-state index contributed by atoms with van der Waals surface area (Å²) in [6.07, 6.45) is 2.56. The normalized spacial score (nSPS) is 21.4. The lowest BCUT2D eigenvalue weighted by molar-refractivity contribution is 0.111. The number of piperidine rings is 1. The van der Waals surface area contributed by atoms with E-state index >= 15 is 0 Å². The second kappa shape index (κ2) is 7.49. The predicted octanol–water partition coefficient (Wildman–Crippen LogP) is 0.724. The number of likely N-dealkylation sites (tertiary alicyclic amines) is 1. The zero-order valence-electron chi connectivity index (χ0n) is 12.8. The van der Waals surface area contributed by atoms with Crippen molar-refractivity contribution in [2.45, 2.75) is 19.3 Å². The standard InChI is InChI=1S/C14H26N4O3/c1-16-6-3-12(4-7-16)2-5-15-13(19)17-8-10-18(11-9-17)14(20)21/h12H,2-11H2,1H3,(H,15,19)(H,20,21). The minimum Gasteiger partial charge on any atom is -0.465 e. The van der Waals surface area contributed by atoms with Crippen LogP contribution >= 0.6 is 0 Å². The molecule has 0 bridgehead atoms. The lowest BCUT2D eigenvalue weighted by atomic mass is 9.94. The van der Waals surface area contributed by atoms with Gasteiger partial charge in [0.2, 0.25) is 0 Å². The van der Waals surface area contributed by atoms with E-state index in [9.17, 15) is 9.59 Å². The Morgan fingerprint density at radius 1 is 1.05 bits per heavy atom. The van der Waals surface area contributed by atoms with Gasteiger partial charge in [0, 0.05) is 32.7 Å². The summed E-state index contributed by atoms with van der Waals surface area (Å²) in [7, 11) is 2.15. The molecule has 0 saturated carbocycles. The van der Waals surface area contributed by atoms with Gasteiger partial charge in [-0.25, -0.2) is 9.59 Å². The van der Waals surface area contributed by atoms with E-state index in [4.69, 9.17) is 5.11 Å². The third kappa shape index (κ3) is 4.77. The van der Waals surface area contributed by atoms with E-state index < -0.39 is 6.09 Å². The second-order valence-electron chi connectivity index (χ2n) is 6.02. The molecule has 7 nitrogen and oxygen atoms in total. The maximum absolute atomic E-state index is 12.0. The quantitative estimate of drug-likeness (QED) is 0.805. The van der Waals surface area contributed by atoms with Gasteiger partial charge in [-0.2, -0.15) is 0 Å². The number of rotatable bonds is 3. The Hall–Kier alpha value is -1.50. The molecule has 2 N–H and O–H groups in total. The number of carbonyl (C=O) groups excluding carboxylic acids is 1. The summed E-state index contributed by atoms with van der Waals surface area (Å²) >= 11 is 0. The molecule has 3 amide bonds. The largest absolute Gasteiger partial charge is 0.465 e. The number of urea groups is 1. The molecule has 2 saturated heterocycles. The number of hydrogen-bond donors (Lipinski definition) is 2. The molecular formula is C14H26N4O3. The predicted molar refractivity (Wildman–Crippen MR) is 79.4 cm³/mol. The fourth-order valence-corrected chi connectivity index (χ4v) is 2.95. The number of nitrogens with zero attached hydrogens (tertiary/aromatic N) is 3. The average molecular weight is 298 g/mol. The highest BCUT2D eigenvalue weighted by molar-refractivity contribution is 5.74. The van der Waals surface area contributed by atoms with Gasteiger partial charge in [0.15, 0.2) is 0 Å². The van der Waals surface area contributed by atoms with Crippen LogP contribution in [-0.4, -0.2) is 84.8 Å². The summed E-state index contributed by atoms with van der Waals surface area (Å²) in [5, 5.41) is 11.8. The first kappa shape index (κ1) is 15.9. The lowest BCUT2D eigenvalue weighted by Crippen LogP contribution is -2.53. The van der Waals surface area contributed by atoms with Crippen LogP contribution in [0.4, 0.5) is 9.59 Å². The molecule has 0 aromatic carbocycles. The Kier molecular flexibility index (Phi) is 5.67. The van der Waals surface area contributed by atoms with Crippen LogP contribution < -0.4 is 5.32 Å². The summed E-state index contributed by atoms with van der Waals surface area (Å²) in [6.45, 7) is 4.77. The molecule has 2 rings (SSSR count). The molecule has 2 aliphatic heterocycles. The zero-order valence-corrected chi connectivity index (χ0v) is 12.8. The maximum atomic E-state index is 12.0. The van der Waals surface area contributed by atoms with E-state index in [1.807, 2.05) is 0 Å². The van der Waals surface area contributed by atoms with E-state index in [-0.39, 0.29) is 6.03 Å².